The van der Waals surface area contributed by atoms with Crippen molar-refractivity contribution in [1.29, 1.82) is 0 Å². The molecule has 4 nitrogen and oxygen atoms in total. The van der Waals surface area contributed by atoms with Gasteiger partial charge in [0, 0.05) is 24.5 Å². The van der Waals surface area contributed by atoms with Crippen molar-refractivity contribution in [2.24, 2.45) is 0 Å². The van der Waals surface area contributed by atoms with Crippen LogP contribution in [0.15, 0.2) is 115 Å². The lowest BCUT2D eigenvalue weighted by molar-refractivity contribution is -0.140. The van der Waals surface area contributed by atoms with Crippen LogP contribution in [-0.2, 0) is 35.4 Å². The van der Waals surface area contributed by atoms with E-state index in [0.717, 1.165) is 28.7 Å². The molecule has 0 aliphatic carbocycles. The van der Waals surface area contributed by atoms with E-state index in [9.17, 15) is 9.59 Å². The van der Waals surface area contributed by atoms with Crippen LogP contribution in [0.2, 0.25) is 5.02 Å². The molecule has 0 spiro atoms. The normalized spacial score (nSPS) is 11.5. The molecule has 4 aromatic carbocycles. The zero-order valence-corrected chi connectivity index (χ0v) is 21.5. The first-order valence-electron chi connectivity index (χ1n) is 12.5. The van der Waals surface area contributed by atoms with Gasteiger partial charge >= 0.3 is 0 Å². The van der Waals surface area contributed by atoms with Crippen molar-refractivity contribution >= 4 is 23.4 Å². The fourth-order valence-electron chi connectivity index (χ4n) is 4.31. The third-order valence-corrected chi connectivity index (χ3v) is 6.54. The minimum absolute atomic E-state index is 0.106. The monoisotopic (exact) mass is 510 g/mol. The largest absolute Gasteiger partial charge is 0.354 e. The van der Waals surface area contributed by atoms with Crippen molar-refractivity contribution in [2.75, 3.05) is 6.54 Å². The van der Waals surface area contributed by atoms with Crippen LogP contribution in [-0.4, -0.2) is 29.3 Å². The average molecular weight is 511 g/mol. The number of benzene rings is 4. The Balaban J connectivity index is 1.58. The Morgan fingerprint density at radius 1 is 0.676 bits per heavy atom. The summed E-state index contributed by atoms with van der Waals surface area (Å²) in [6.45, 7) is 0.843. The lowest BCUT2D eigenvalue weighted by Crippen LogP contribution is -2.51. The molecule has 5 heteroatoms. The number of amides is 2. The average Bonchev–Trinajstić information content (AvgIpc) is 2.93. The van der Waals surface area contributed by atoms with E-state index in [2.05, 4.69) is 5.32 Å². The highest BCUT2D eigenvalue weighted by atomic mass is 35.5. The second-order valence-corrected chi connectivity index (χ2v) is 9.48. The van der Waals surface area contributed by atoms with Crippen molar-refractivity contribution in [3.63, 3.8) is 0 Å². The number of carbonyl (C=O) groups excluding carboxylic acids is 2. The predicted molar refractivity (Wildman–Crippen MR) is 149 cm³/mol. The summed E-state index contributed by atoms with van der Waals surface area (Å²) in [4.78, 5) is 29.1. The Morgan fingerprint density at radius 3 is 1.81 bits per heavy atom. The Bertz CT molecular complexity index is 1260. The van der Waals surface area contributed by atoms with E-state index in [1.165, 1.54) is 0 Å². The van der Waals surface area contributed by atoms with Gasteiger partial charge in [0.25, 0.3) is 0 Å². The van der Waals surface area contributed by atoms with Gasteiger partial charge in [0.05, 0.1) is 6.42 Å². The molecule has 0 fully saturated rings. The number of hydrogen-bond donors (Lipinski definition) is 1. The summed E-state index contributed by atoms with van der Waals surface area (Å²) in [6.07, 6.45) is 1.34. The third-order valence-electron chi connectivity index (χ3n) is 6.29. The summed E-state index contributed by atoms with van der Waals surface area (Å²) in [5.74, 6) is -0.259. The zero-order chi connectivity index (χ0) is 25.9. The predicted octanol–water partition coefficient (Wildman–Crippen LogP) is 5.88. The van der Waals surface area contributed by atoms with Gasteiger partial charge in [0.15, 0.2) is 0 Å². The summed E-state index contributed by atoms with van der Waals surface area (Å²) in [5.41, 5.74) is 3.99. The van der Waals surface area contributed by atoms with E-state index in [1.54, 1.807) is 17.0 Å². The third kappa shape index (κ3) is 8.06. The molecule has 0 unspecified atom stereocenters. The van der Waals surface area contributed by atoms with Gasteiger partial charge in [-0.3, -0.25) is 9.59 Å². The van der Waals surface area contributed by atoms with Crippen LogP contribution >= 0.6 is 11.6 Å². The first-order chi connectivity index (χ1) is 18.1. The number of rotatable bonds is 11. The number of hydrogen-bond acceptors (Lipinski definition) is 2. The number of halogens is 1. The molecule has 0 saturated carbocycles. The molecular formula is C32H31ClN2O2. The van der Waals surface area contributed by atoms with E-state index in [1.807, 2.05) is 103 Å². The van der Waals surface area contributed by atoms with Crippen molar-refractivity contribution in [3.05, 3.63) is 143 Å². The van der Waals surface area contributed by atoms with Crippen LogP contribution in [0.3, 0.4) is 0 Å². The summed E-state index contributed by atoms with van der Waals surface area (Å²) in [5, 5.41) is 3.72. The van der Waals surface area contributed by atoms with E-state index in [0.29, 0.717) is 24.5 Å². The number of carbonyl (C=O) groups is 2. The summed E-state index contributed by atoms with van der Waals surface area (Å²) >= 11 is 6.04. The molecule has 37 heavy (non-hydrogen) atoms. The van der Waals surface area contributed by atoms with Crippen molar-refractivity contribution in [2.45, 2.75) is 31.8 Å². The molecule has 0 aromatic heterocycles. The first kappa shape index (κ1) is 26.2. The molecule has 0 bridgehead atoms. The van der Waals surface area contributed by atoms with E-state index in [-0.39, 0.29) is 18.2 Å². The molecule has 0 aliphatic heterocycles. The van der Waals surface area contributed by atoms with Gasteiger partial charge in [-0.15, -0.1) is 0 Å². The maximum atomic E-state index is 13.7. The molecule has 188 valence electrons. The van der Waals surface area contributed by atoms with Crippen molar-refractivity contribution < 1.29 is 9.59 Å². The molecule has 4 rings (SSSR count). The molecule has 1 N–H and O–H groups in total. The Hall–Kier alpha value is -3.89. The van der Waals surface area contributed by atoms with Gasteiger partial charge in [-0.1, -0.05) is 115 Å². The standard InChI is InChI=1S/C32H31ClN2O2/c33-29-18-16-27(17-19-29)23-31(36)35(24-28-14-8-3-9-15-28)30(22-26-12-6-2-7-13-26)32(37)34-21-20-25-10-4-1-5-11-25/h1-19,30H,20-24H2,(H,34,37)/t30-/m1/s1. The van der Waals surface area contributed by atoms with Gasteiger partial charge in [-0.05, 0) is 40.8 Å². The minimum Gasteiger partial charge on any atom is -0.354 e. The molecule has 0 aliphatic rings. The molecule has 1 atom stereocenters. The highest BCUT2D eigenvalue weighted by Crippen LogP contribution is 2.18. The van der Waals surface area contributed by atoms with Gasteiger partial charge in [-0.25, -0.2) is 0 Å². The first-order valence-corrected chi connectivity index (χ1v) is 12.9. The Kier molecular flexibility index (Phi) is 9.50. The van der Waals surface area contributed by atoms with E-state index >= 15 is 0 Å². The van der Waals surface area contributed by atoms with Crippen molar-refractivity contribution in [3.8, 4) is 0 Å². The highest BCUT2D eigenvalue weighted by molar-refractivity contribution is 6.30. The SMILES string of the molecule is O=C(NCCc1ccccc1)[C@@H](Cc1ccccc1)N(Cc1ccccc1)C(=O)Cc1ccc(Cl)cc1. The number of nitrogens with zero attached hydrogens (tertiary/aromatic N) is 1. The molecule has 0 saturated heterocycles. The second kappa shape index (κ2) is 13.4. The van der Waals surface area contributed by atoms with Gasteiger partial charge in [0.1, 0.15) is 6.04 Å². The zero-order valence-electron chi connectivity index (χ0n) is 20.7. The Labute approximate surface area is 223 Å². The lowest BCUT2D eigenvalue weighted by Gasteiger charge is -2.31. The topological polar surface area (TPSA) is 49.4 Å². The van der Waals surface area contributed by atoms with Crippen LogP contribution in [0, 0.1) is 0 Å². The van der Waals surface area contributed by atoms with Gasteiger partial charge < -0.3 is 10.2 Å². The maximum absolute atomic E-state index is 13.7. The lowest BCUT2D eigenvalue weighted by atomic mass is 10.0. The van der Waals surface area contributed by atoms with Gasteiger partial charge in [-0.2, -0.15) is 0 Å². The van der Waals surface area contributed by atoms with Crippen LogP contribution < -0.4 is 5.32 Å². The van der Waals surface area contributed by atoms with Crippen molar-refractivity contribution in [1.82, 2.24) is 10.2 Å². The van der Waals surface area contributed by atoms with E-state index < -0.39 is 6.04 Å². The molecule has 0 heterocycles. The fourth-order valence-corrected chi connectivity index (χ4v) is 4.43. The number of nitrogens with one attached hydrogen (secondary N) is 1. The van der Waals surface area contributed by atoms with Crippen LogP contribution in [0.25, 0.3) is 0 Å². The maximum Gasteiger partial charge on any atom is 0.243 e. The summed E-state index contributed by atoms with van der Waals surface area (Å²) < 4.78 is 0. The second-order valence-electron chi connectivity index (χ2n) is 9.04. The van der Waals surface area contributed by atoms with Crippen LogP contribution in [0.1, 0.15) is 22.3 Å². The molecule has 4 aromatic rings. The smallest absolute Gasteiger partial charge is 0.243 e. The summed E-state index contributed by atoms with van der Waals surface area (Å²) in [7, 11) is 0. The van der Waals surface area contributed by atoms with Crippen LogP contribution in [0.4, 0.5) is 0 Å². The summed E-state index contributed by atoms with van der Waals surface area (Å²) in [6, 6.07) is 36.3. The molecular weight excluding hydrogens is 480 g/mol. The van der Waals surface area contributed by atoms with Gasteiger partial charge in [0.2, 0.25) is 11.8 Å². The van der Waals surface area contributed by atoms with Crippen LogP contribution in [0.5, 0.6) is 0 Å². The Morgan fingerprint density at radius 2 is 1.22 bits per heavy atom. The fraction of sp³-hybridized carbons (Fsp3) is 0.188. The molecule has 2 amide bonds. The minimum atomic E-state index is -0.654. The van der Waals surface area contributed by atoms with E-state index in [4.69, 9.17) is 11.6 Å². The molecule has 0 radical (unpaired) electrons. The quantitative estimate of drug-likeness (QED) is 0.274. The highest BCUT2D eigenvalue weighted by Gasteiger charge is 2.30.